The molecule has 14 heavy (non-hydrogen) atoms. The summed E-state index contributed by atoms with van der Waals surface area (Å²) in [4.78, 5) is 4.62. The number of rotatable bonds is 4. The Hall–Kier alpha value is -0.590. The topological polar surface area (TPSA) is 12.4 Å². The van der Waals surface area contributed by atoms with E-state index in [2.05, 4.69) is 44.8 Å². The predicted octanol–water partition coefficient (Wildman–Crippen LogP) is 3.85. The minimum absolute atomic E-state index is 0.256. The smallest absolute Gasteiger partial charge is 0.0427 e. The first kappa shape index (κ1) is 11.5. The van der Waals surface area contributed by atoms with Crippen molar-refractivity contribution >= 4 is 5.71 Å². The third-order valence-corrected chi connectivity index (χ3v) is 3.10. The summed E-state index contributed by atoms with van der Waals surface area (Å²) in [5.41, 5.74) is 1.55. The third-order valence-electron chi connectivity index (χ3n) is 3.10. The van der Waals surface area contributed by atoms with Crippen molar-refractivity contribution in [2.24, 2.45) is 16.3 Å². The van der Waals surface area contributed by atoms with Gasteiger partial charge >= 0.3 is 0 Å². The zero-order valence-corrected chi connectivity index (χ0v) is 10.0. The molecule has 0 N–H and O–H groups in total. The van der Waals surface area contributed by atoms with Gasteiger partial charge in [-0.05, 0) is 24.8 Å². The quantitative estimate of drug-likeness (QED) is 0.643. The second kappa shape index (κ2) is 4.77. The molecule has 0 fully saturated rings. The summed E-state index contributed by atoms with van der Waals surface area (Å²) in [6.45, 7) is 10.2. The average Bonchev–Trinajstić information content (AvgIpc) is 2.18. The summed E-state index contributed by atoms with van der Waals surface area (Å²) in [5.74, 6) is 0.794. The molecule has 1 nitrogen and oxygen atoms in total. The van der Waals surface area contributed by atoms with Crippen molar-refractivity contribution in [3.63, 3.8) is 0 Å². The van der Waals surface area contributed by atoms with E-state index in [1.807, 2.05) is 0 Å². The van der Waals surface area contributed by atoms with Crippen molar-refractivity contribution in [3.8, 4) is 0 Å². The van der Waals surface area contributed by atoms with Gasteiger partial charge < -0.3 is 0 Å². The van der Waals surface area contributed by atoms with Gasteiger partial charge in [0.15, 0.2) is 0 Å². The van der Waals surface area contributed by atoms with Crippen LogP contribution in [0.2, 0.25) is 0 Å². The van der Waals surface area contributed by atoms with Crippen LogP contribution in [0.4, 0.5) is 0 Å². The number of hydrogen-bond acceptors (Lipinski definition) is 1. The standard InChI is InChI=1S/C13H23N/c1-5-11(2)10-13(3,4)12-8-6-7-9-14-12/h6,8,11H,5,7,9-10H2,1-4H3/t11-/m1/s1. The van der Waals surface area contributed by atoms with Crippen LogP contribution in [0.1, 0.15) is 47.0 Å². The fourth-order valence-electron chi connectivity index (χ4n) is 2.07. The van der Waals surface area contributed by atoms with Gasteiger partial charge in [0.05, 0.1) is 0 Å². The fraction of sp³-hybridized carbons (Fsp3) is 0.769. The van der Waals surface area contributed by atoms with E-state index in [9.17, 15) is 0 Å². The van der Waals surface area contributed by atoms with E-state index >= 15 is 0 Å². The Labute approximate surface area is 88.3 Å². The van der Waals surface area contributed by atoms with Crippen LogP contribution in [0.5, 0.6) is 0 Å². The molecular weight excluding hydrogens is 170 g/mol. The van der Waals surface area contributed by atoms with Crippen LogP contribution >= 0.6 is 0 Å². The summed E-state index contributed by atoms with van der Waals surface area (Å²) in [6.07, 6.45) is 8.09. The van der Waals surface area contributed by atoms with Crippen molar-refractivity contribution in [2.45, 2.75) is 47.0 Å². The minimum atomic E-state index is 0.256. The van der Waals surface area contributed by atoms with E-state index in [4.69, 9.17) is 0 Å². The van der Waals surface area contributed by atoms with E-state index in [0.29, 0.717) is 0 Å². The lowest BCUT2D eigenvalue weighted by Gasteiger charge is -2.29. The van der Waals surface area contributed by atoms with Crippen molar-refractivity contribution in [1.82, 2.24) is 0 Å². The molecule has 1 heterocycles. The highest BCUT2D eigenvalue weighted by Gasteiger charge is 2.25. The molecular formula is C13H23N. The van der Waals surface area contributed by atoms with Gasteiger partial charge in [0.25, 0.3) is 0 Å². The normalized spacial score (nSPS) is 19.3. The molecule has 0 bridgehead atoms. The summed E-state index contributed by atoms with van der Waals surface area (Å²) in [6, 6.07) is 0. The van der Waals surface area contributed by atoms with Crippen molar-refractivity contribution in [1.29, 1.82) is 0 Å². The maximum absolute atomic E-state index is 4.62. The molecule has 80 valence electrons. The highest BCUT2D eigenvalue weighted by atomic mass is 14.8. The van der Waals surface area contributed by atoms with Gasteiger partial charge in [-0.2, -0.15) is 0 Å². The van der Waals surface area contributed by atoms with Gasteiger partial charge in [-0.3, -0.25) is 4.99 Å². The molecule has 0 radical (unpaired) electrons. The molecule has 0 saturated heterocycles. The molecule has 1 aliphatic rings. The van der Waals surface area contributed by atoms with E-state index in [-0.39, 0.29) is 5.41 Å². The molecule has 0 spiro atoms. The number of hydrogen-bond donors (Lipinski definition) is 0. The predicted molar refractivity (Wildman–Crippen MR) is 63.9 cm³/mol. The summed E-state index contributed by atoms with van der Waals surface area (Å²) < 4.78 is 0. The monoisotopic (exact) mass is 193 g/mol. The van der Waals surface area contributed by atoms with E-state index < -0.39 is 0 Å². The lowest BCUT2D eigenvalue weighted by Crippen LogP contribution is -2.26. The second-order valence-corrected chi connectivity index (χ2v) is 5.06. The summed E-state index contributed by atoms with van der Waals surface area (Å²) >= 11 is 0. The van der Waals surface area contributed by atoms with E-state index in [1.54, 1.807) is 0 Å². The van der Waals surface area contributed by atoms with Crippen molar-refractivity contribution in [3.05, 3.63) is 12.2 Å². The highest BCUT2D eigenvalue weighted by molar-refractivity contribution is 5.99. The highest BCUT2D eigenvalue weighted by Crippen LogP contribution is 2.30. The average molecular weight is 193 g/mol. The number of allylic oxidation sites excluding steroid dienone is 1. The molecule has 1 atom stereocenters. The SMILES string of the molecule is CC[C@@H](C)CC(C)(C)C1=NCCC=C1. The first-order valence-electron chi connectivity index (χ1n) is 5.77. The molecule has 0 saturated carbocycles. The number of nitrogens with zero attached hydrogens (tertiary/aromatic N) is 1. The molecule has 0 unspecified atom stereocenters. The molecule has 1 aliphatic heterocycles. The number of dihydropyridines is 1. The van der Waals surface area contributed by atoms with Crippen LogP contribution < -0.4 is 0 Å². The van der Waals surface area contributed by atoms with Crippen LogP contribution in [-0.4, -0.2) is 12.3 Å². The first-order valence-corrected chi connectivity index (χ1v) is 5.77. The molecule has 1 heteroatoms. The van der Waals surface area contributed by atoms with Gasteiger partial charge in [-0.15, -0.1) is 0 Å². The molecule has 0 aromatic carbocycles. The van der Waals surface area contributed by atoms with Crippen LogP contribution in [-0.2, 0) is 0 Å². The number of aliphatic imine (C=N–C) groups is 1. The van der Waals surface area contributed by atoms with Gasteiger partial charge in [0.1, 0.15) is 0 Å². The van der Waals surface area contributed by atoms with Gasteiger partial charge in [-0.1, -0.05) is 40.2 Å². The van der Waals surface area contributed by atoms with Crippen molar-refractivity contribution in [2.75, 3.05) is 6.54 Å². The van der Waals surface area contributed by atoms with Crippen LogP contribution in [0.15, 0.2) is 17.1 Å². The Balaban J connectivity index is 2.63. The summed E-state index contributed by atoms with van der Waals surface area (Å²) in [7, 11) is 0. The minimum Gasteiger partial charge on any atom is -0.289 e. The molecule has 1 rings (SSSR count). The fourth-order valence-corrected chi connectivity index (χ4v) is 2.07. The lowest BCUT2D eigenvalue weighted by atomic mass is 9.78. The Morgan fingerprint density at radius 1 is 1.50 bits per heavy atom. The Morgan fingerprint density at radius 2 is 2.21 bits per heavy atom. The van der Waals surface area contributed by atoms with Gasteiger partial charge in [0, 0.05) is 17.7 Å². The summed E-state index contributed by atoms with van der Waals surface area (Å²) in [5, 5.41) is 0. The van der Waals surface area contributed by atoms with E-state index in [1.165, 1.54) is 18.6 Å². The van der Waals surface area contributed by atoms with Crippen LogP contribution in [0.25, 0.3) is 0 Å². The maximum Gasteiger partial charge on any atom is 0.0427 e. The van der Waals surface area contributed by atoms with E-state index in [0.717, 1.165) is 18.9 Å². The van der Waals surface area contributed by atoms with Crippen molar-refractivity contribution < 1.29 is 0 Å². The Morgan fingerprint density at radius 3 is 2.71 bits per heavy atom. The van der Waals surface area contributed by atoms with Crippen LogP contribution in [0.3, 0.4) is 0 Å². The molecule has 0 aromatic heterocycles. The Bertz CT molecular complexity index is 236. The first-order chi connectivity index (χ1) is 6.56. The molecule has 0 aliphatic carbocycles. The molecule has 0 aromatic rings. The lowest BCUT2D eigenvalue weighted by molar-refractivity contribution is 0.367. The van der Waals surface area contributed by atoms with Gasteiger partial charge in [0.2, 0.25) is 0 Å². The second-order valence-electron chi connectivity index (χ2n) is 5.06. The van der Waals surface area contributed by atoms with Gasteiger partial charge in [-0.25, -0.2) is 0 Å². The Kier molecular flexibility index (Phi) is 3.91. The van der Waals surface area contributed by atoms with Crippen LogP contribution in [0, 0.1) is 11.3 Å². The molecule has 0 amide bonds. The maximum atomic E-state index is 4.62. The zero-order chi connectivity index (χ0) is 10.6. The zero-order valence-electron chi connectivity index (χ0n) is 10.0. The third kappa shape index (κ3) is 2.97. The largest absolute Gasteiger partial charge is 0.289 e.